The maximum absolute atomic E-state index is 12.6. The van der Waals surface area contributed by atoms with E-state index >= 15 is 0 Å². The van der Waals surface area contributed by atoms with Crippen molar-refractivity contribution in [2.75, 3.05) is 25.6 Å². The van der Waals surface area contributed by atoms with Gasteiger partial charge in [-0.05, 0) is 29.8 Å². The first kappa shape index (κ1) is 19.3. The first-order valence-electron chi connectivity index (χ1n) is 8.89. The minimum Gasteiger partial charge on any atom is -0.383 e. The molecule has 28 heavy (non-hydrogen) atoms. The number of benzene rings is 2. The van der Waals surface area contributed by atoms with Crippen molar-refractivity contribution >= 4 is 17.5 Å². The Hall–Kier alpha value is -3.45. The van der Waals surface area contributed by atoms with Gasteiger partial charge in [-0.1, -0.05) is 24.3 Å². The Morgan fingerprint density at radius 3 is 2.57 bits per heavy atom. The molecule has 0 atom stereocenters. The molecule has 0 fully saturated rings. The zero-order chi connectivity index (χ0) is 19.8. The minimum atomic E-state index is -0.272. The van der Waals surface area contributed by atoms with Gasteiger partial charge < -0.3 is 19.9 Å². The van der Waals surface area contributed by atoms with Gasteiger partial charge in [0.25, 0.3) is 11.8 Å². The van der Waals surface area contributed by atoms with Gasteiger partial charge in [-0.15, -0.1) is 0 Å². The highest BCUT2D eigenvalue weighted by Gasteiger charge is 2.13. The van der Waals surface area contributed by atoms with Gasteiger partial charge in [0.05, 0.1) is 24.2 Å². The molecule has 7 nitrogen and oxygen atoms in total. The third-order valence-electron chi connectivity index (χ3n) is 4.15. The summed E-state index contributed by atoms with van der Waals surface area (Å²) in [5, 5.41) is 5.58. The Balaban J connectivity index is 1.66. The number of imidazole rings is 1. The number of carbonyl (C=O) groups excluding carboxylic acids is 2. The second-order valence-corrected chi connectivity index (χ2v) is 6.18. The van der Waals surface area contributed by atoms with Gasteiger partial charge in [-0.3, -0.25) is 9.59 Å². The van der Waals surface area contributed by atoms with E-state index in [4.69, 9.17) is 4.74 Å². The summed E-state index contributed by atoms with van der Waals surface area (Å²) < 4.78 is 6.89. The highest BCUT2D eigenvalue weighted by Crippen LogP contribution is 2.17. The predicted octanol–water partition coefficient (Wildman–Crippen LogP) is 2.56. The van der Waals surface area contributed by atoms with E-state index in [0.717, 1.165) is 5.56 Å². The fourth-order valence-corrected chi connectivity index (χ4v) is 2.70. The van der Waals surface area contributed by atoms with E-state index in [-0.39, 0.29) is 11.8 Å². The second-order valence-electron chi connectivity index (χ2n) is 6.18. The molecule has 144 valence electrons. The molecule has 2 amide bonds. The van der Waals surface area contributed by atoms with Crippen LogP contribution in [0.5, 0.6) is 0 Å². The highest BCUT2D eigenvalue weighted by atomic mass is 16.5. The van der Waals surface area contributed by atoms with E-state index in [1.807, 2.05) is 22.9 Å². The van der Waals surface area contributed by atoms with Crippen LogP contribution in [0.1, 0.15) is 26.3 Å². The van der Waals surface area contributed by atoms with E-state index in [2.05, 4.69) is 15.6 Å². The van der Waals surface area contributed by atoms with Crippen LogP contribution in [0.25, 0.3) is 0 Å². The molecule has 0 saturated carbocycles. The summed E-state index contributed by atoms with van der Waals surface area (Å²) in [6.45, 7) is 1.51. The average Bonchev–Trinajstić information content (AvgIpc) is 3.22. The number of anilines is 1. The Morgan fingerprint density at radius 1 is 1.07 bits per heavy atom. The zero-order valence-corrected chi connectivity index (χ0v) is 15.6. The van der Waals surface area contributed by atoms with Crippen LogP contribution in [-0.4, -0.2) is 41.6 Å². The number of nitrogens with one attached hydrogen (secondary N) is 2. The Morgan fingerprint density at radius 2 is 1.86 bits per heavy atom. The minimum absolute atomic E-state index is 0.261. The third kappa shape index (κ3) is 5.05. The molecule has 0 aliphatic carbocycles. The van der Waals surface area contributed by atoms with Crippen molar-refractivity contribution in [3.63, 3.8) is 0 Å². The molecule has 1 aromatic heterocycles. The van der Waals surface area contributed by atoms with Crippen molar-refractivity contribution in [3.05, 3.63) is 83.9 Å². The van der Waals surface area contributed by atoms with E-state index in [1.165, 1.54) is 0 Å². The van der Waals surface area contributed by atoms with Crippen LogP contribution in [-0.2, 0) is 11.3 Å². The maximum atomic E-state index is 12.6. The molecular weight excluding hydrogens is 356 g/mol. The van der Waals surface area contributed by atoms with Gasteiger partial charge in [0.2, 0.25) is 0 Å². The summed E-state index contributed by atoms with van der Waals surface area (Å²) in [5.74, 6) is -0.532. The molecule has 0 radical (unpaired) electrons. The Kier molecular flexibility index (Phi) is 6.54. The van der Waals surface area contributed by atoms with Crippen molar-refractivity contribution in [2.24, 2.45) is 0 Å². The third-order valence-corrected chi connectivity index (χ3v) is 4.15. The van der Waals surface area contributed by atoms with E-state index in [1.54, 1.807) is 56.0 Å². The highest BCUT2D eigenvalue weighted by molar-refractivity contribution is 6.09. The zero-order valence-electron chi connectivity index (χ0n) is 15.6. The molecule has 0 saturated heterocycles. The SMILES string of the molecule is COCCNC(=O)c1ccccc1NC(=O)c1ccc(Cn2ccnc2)cc1. The van der Waals surface area contributed by atoms with E-state index in [0.29, 0.717) is 36.5 Å². The molecule has 3 rings (SSSR count). The molecule has 1 heterocycles. The average molecular weight is 378 g/mol. The quantitative estimate of drug-likeness (QED) is 0.590. The predicted molar refractivity (Wildman–Crippen MR) is 106 cm³/mol. The van der Waals surface area contributed by atoms with Gasteiger partial charge >= 0.3 is 0 Å². The number of carbonyl (C=O) groups is 2. The number of hydrogen-bond donors (Lipinski definition) is 2. The number of ether oxygens (including phenoxy) is 1. The summed E-state index contributed by atoms with van der Waals surface area (Å²) in [5.41, 5.74) is 2.45. The number of para-hydroxylation sites is 1. The molecule has 0 spiro atoms. The lowest BCUT2D eigenvalue weighted by Crippen LogP contribution is -2.28. The van der Waals surface area contributed by atoms with Crippen LogP contribution in [0.3, 0.4) is 0 Å². The van der Waals surface area contributed by atoms with E-state index < -0.39 is 0 Å². The van der Waals surface area contributed by atoms with Gasteiger partial charge in [0, 0.05) is 38.2 Å². The monoisotopic (exact) mass is 378 g/mol. The summed E-state index contributed by atoms with van der Waals surface area (Å²) in [6, 6.07) is 14.2. The Bertz CT molecular complexity index is 921. The number of rotatable bonds is 8. The van der Waals surface area contributed by atoms with Crippen LogP contribution in [0, 0.1) is 0 Å². The van der Waals surface area contributed by atoms with Crippen LogP contribution in [0.15, 0.2) is 67.3 Å². The van der Waals surface area contributed by atoms with Gasteiger partial charge in [0.1, 0.15) is 0 Å². The van der Waals surface area contributed by atoms with Gasteiger partial charge in [-0.25, -0.2) is 4.98 Å². The summed E-state index contributed by atoms with van der Waals surface area (Å²) in [6.07, 6.45) is 5.36. The molecule has 3 aromatic rings. The van der Waals surface area contributed by atoms with Crippen molar-refractivity contribution in [2.45, 2.75) is 6.54 Å². The molecule has 2 N–H and O–H groups in total. The van der Waals surface area contributed by atoms with Crippen molar-refractivity contribution in [1.29, 1.82) is 0 Å². The van der Waals surface area contributed by atoms with Gasteiger partial charge in [0.15, 0.2) is 0 Å². The number of hydrogen-bond acceptors (Lipinski definition) is 4. The summed E-state index contributed by atoms with van der Waals surface area (Å²) >= 11 is 0. The fourth-order valence-electron chi connectivity index (χ4n) is 2.70. The Labute approximate surface area is 163 Å². The molecule has 0 aliphatic heterocycles. The molecule has 2 aromatic carbocycles. The second kappa shape index (κ2) is 9.48. The molecular formula is C21H22N4O3. The fraction of sp³-hybridized carbons (Fsp3) is 0.190. The van der Waals surface area contributed by atoms with Crippen LogP contribution < -0.4 is 10.6 Å². The van der Waals surface area contributed by atoms with Gasteiger partial charge in [-0.2, -0.15) is 0 Å². The normalized spacial score (nSPS) is 10.5. The first-order valence-corrected chi connectivity index (χ1v) is 8.89. The smallest absolute Gasteiger partial charge is 0.255 e. The van der Waals surface area contributed by atoms with Crippen LogP contribution in [0.4, 0.5) is 5.69 Å². The van der Waals surface area contributed by atoms with Crippen LogP contribution in [0.2, 0.25) is 0 Å². The number of nitrogens with zero attached hydrogens (tertiary/aromatic N) is 2. The lowest BCUT2D eigenvalue weighted by Gasteiger charge is -2.12. The number of aromatic nitrogens is 2. The first-order chi connectivity index (χ1) is 13.7. The largest absolute Gasteiger partial charge is 0.383 e. The maximum Gasteiger partial charge on any atom is 0.255 e. The van der Waals surface area contributed by atoms with Crippen molar-refractivity contribution < 1.29 is 14.3 Å². The molecule has 0 aliphatic rings. The summed E-state index contributed by atoms with van der Waals surface area (Å²) in [7, 11) is 1.57. The van der Waals surface area contributed by atoms with Crippen molar-refractivity contribution in [3.8, 4) is 0 Å². The lowest BCUT2D eigenvalue weighted by atomic mass is 10.1. The lowest BCUT2D eigenvalue weighted by molar-refractivity contribution is 0.0938. The molecule has 7 heteroatoms. The molecule has 0 unspecified atom stereocenters. The summed E-state index contributed by atoms with van der Waals surface area (Å²) in [4.78, 5) is 28.9. The number of methoxy groups -OCH3 is 1. The molecule has 0 bridgehead atoms. The standard InChI is InChI=1S/C21H22N4O3/c1-28-13-11-23-21(27)18-4-2-3-5-19(18)24-20(26)17-8-6-16(7-9-17)14-25-12-10-22-15-25/h2-10,12,15H,11,13-14H2,1H3,(H,23,27)(H,24,26). The van der Waals surface area contributed by atoms with Crippen LogP contribution >= 0.6 is 0 Å². The number of amides is 2. The topological polar surface area (TPSA) is 85.3 Å². The van der Waals surface area contributed by atoms with E-state index in [9.17, 15) is 9.59 Å². The van der Waals surface area contributed by atoms with Crippen molar-refractivity contribution in [1.82, 2.24) is 14.9 Å².